The fourth-order valence-corrected chi connectivity index (χ4v) is 3.31. The number of carbonyl (C=O) groups excluding carboxylic acids is 1. The molecule has 1 amide bonds. The third-order valence-electron chi connectivity index (χ3n) is 5.00. The molecule has 0 atom stereocenters. The minimum Gasteiger partial charge on any atom is -0.493 e. The number of halogens is 1. The highest BCUT2D eigenvalue weighted by Gasteiger charge is 2.20. The second-order valence-corrected chi connectivity index (χ2v) is 7.35. The van der Waals surface area contributed by atoms with E-state index in [1.807, 2.05) is 48.5 Å². The van der Waals surface area contributed by atoms with Gasteiger partial charge in [0, 0.05) is 18.6 Å². The Labute approximate surface area is 188 Å². The van der Waals surface area contributed by atoms with Crippen molar-refractivity contribution in [1.29, 1.82) is 0 Å². The summed E-state index contributed by atoms with van der Waals surface area (Å²) >= 11 is 0. The van der Waals surface area contributed by atoms with Crippen LogP contribution in [0.3, 0.4) is 0 Å². The van der Waals surface area contributed by atoms with Crippen LogP contribution in [0.1, 0.15) is 31.4 Å². The van der Waals surface area contributed by atoms with E-state index < -0.39 is 5.82 Å². The average molecular weight is 434 g/mol. The van der Waals surface area contributed by atoms with Gasteiger partial charge in [0.05, 0.1) is 18.8 Å². The van der Waals surface area contributed by atoms with Crippen molar-refractivity contribution < 1.29 is 18.7 Å². The molecule has 32 heavy (non-hydrogen) atoms. The Hall–Kier alpha value is -3.60. The highest BCUT2D eigenvalue weighted by molar-refractivity contribution is 5.93. The standard InChI is InChI=1S/C27H28FNO3/c1-4-6-16-31-26-14-12-21(5-2)17-22(26)19-29(20(3)30)25-18-23(28)13-15-27(25)32-24-10-8-7-9-11-24/h4,7-15,17-18H,1,5-6,16,19H2,2-3H3. The number of para-hydroxylation sites is 1. The van der Waals surface area contributed by atoms with Crippen molar-refractivity contribution in [3.63, 3.8) is 0 Å². The van der Waals surface area contributed by atoms with E-state index in [-0.39, 0.29) is 12.5 Å². The van der Waals surface area contributed by atoms with Crippen molar-refractivity contribution in [1.82, 2.24) is 0 Å². The van der Waals surface area contributed by atoms with Crippen LogP contribution in [-0.2, 0) is 17.8 Å². The molecule has 0 aliphatic carbocycles. The number of ether oxygens (including phenoxy) is 2. The zero-order valence-corrected chi connectivity index (χ0v) is 18.5. The van der Waals surface area contributed by atoms with Crippen molar-refractivity contribution >= 4 is 11.6 Å². The minimum absolute atomic E-state index is 0.223. The highest BCUT2D eigenvalue weighted by Crippen LogP contribution is 2.35. The molecule has 0 aromatic heterocycles. The van der Waals surface area contributed by atoms with Gasteiger partial charge in [-0.3, -0.25) is 4.79 Å². The third kappa shape index (κ3) is 5.97. The molecular formula is C27H28FNO3. The normalized spacial score (nSPS) is 10.5. The number of amides is 1. The largest absolute Gasteiger partial charge is 0.493 e. The Morgan fingerprint density at radius 1 is 1.06 bits per heavy atom. The smallest absolute Gasteiger partial charge is 0.224 e. The molecule has 166 valence electrons. The van der Waals surface area contributed by atoms with Gasteiger partial charge in [-0.25, -0.2) is 4.39 Å². The summed E-state index contributed by atoms with van der Waals surface area (Å²) in [4.78, 5) is 14.2. The molecule has 4 nitrogen and oxygen atoms in total. The van der Waals surface area contributed by atoms with Gasteiger partial charge in [0.1, 0.15) is 17.3 Å². The Morgan fingerprint density at radius 3 is 2.50 bits per heavy atom. The summed E-state index contributed by atoms with van der Waals surface area (Å²) in [5.41, 5.74) is 2.33. The number of anilines is 1. The van der Waals surface area contributed by atoms with Crippen LogP contribution in [0, 0.1) is 5.82 Å². The highest BCUT2D eigenvalue weighted by atomic mass is 19.1. The molecule has 5 heteroatoms. The third-order valence-corrected chi connectivity index (χ3v) is 5.00. The molecule has 0 heterocycles. The fraction of sp³-hybridized carbons (Fsp3) is 0.222. The van der Waals surface area contributed by atoms with Crippen molar-refractivity contribution in [2.45, 2.75) is 33.2 Å². The SMILES string of the molecule is C=CCCOc1ccc(CC)cc1CN(C(C)=O)c1cc(F)ccc1Oc1ccccc1. The second-order valence-electron chi connectivity index (χ2n) is 7.35. The van der Waals surface area contributed by atoms with E-state index in [9.17, 15) is 9.18 Å². The number of hydrogen-bond donors (Lipinski definition) is 0. The van der Waals surface area contributed by atoms with Gasteiger partial charge in [0.15, 0.2) is 5.75 Å². The van der Waals surface area contributed by atoms with Crippen LogP contribution in [-0.4, -0.2) is 12.5 Å². The predicted octanol–water partition coefficient (Wildman–Crippen LogP) is 6.69. The van der Waals surface area contributed by atoms with Gasteiger partial charge in [0.25, 0.3) is 0 Å². The Kier molecular flexibility index (Phi) is 8.03. The van der Waals surface area contributed by atoms with Crippen LogP contribution >= 0.6 is 0 Å². The number of rotatable bonds is 10. The first kappa shape index (κ1) is 23.1. The topological polar surface area (TPSA) is 38.8 Å². The van der Waals surface area contributed by atoms with E-state index in [0.717, 1.165) is 17.5 Å². The molecule has 0 spiro atoms. The number of benzene rings is 3. The number of aryl methyl sites for hydroxylation is 1. The molecule has 0 unspecified atom stereocenters. The van der Waals surface area contributed by atoms with Crippen LogP contribution in [0.2, 0.25) is 0 Å². The summed E-state index contributed by atoms with van der Waals surface area (Å²) in [7, 11) is 0. The van der Waals surface area contributed by atoms with E-state index in [2.05, 4.69) is 13.5 Å². The summed E-state index contributed by atoms with van der Waals surface area (Å²) in [6.45, 7) is 7.96. The lowest BCUT2D eigenvalue weighted by molar-refractivity contribution is -0.116. The van der Waals surface area contributed by atoms with E-state index >= 15 is 0 Å². The molecular weight excluding hydrogens is 405 g/mol. The molecule has 0 saturated heterocycles. The van der Waals surface area contributed by atoms with Crippen molar-refractivity contribution in [3.8, 4) is 17.2 Å². The maximum atomic E-state index is 14.2. The minimum atomic E-state index is -0.448. The van der Waals surface area contributed by atoms with Crippen molar-refractivity contribution in [2.75, 3.05) is 11.5 Å². The maximum Gasteiger partial charge on any atom is 0.224 e. The first-order chi connectivity index (χ1) is 15.5. The van der Waals surface area contributed by atoms with Crippen LogP contribution in [0.25, 0.3) is 0 Å². The summed E-state index contributed by atoms with van der Waals surface area (Å²) in [6.07, 6.45) is 3.36. The Bertz CT molecular complexity index is 1070. The fourth-order valence-electron chi connectivity index (χ4n) is 3.31. The summed E-state index contributed by atoms with van der Waals surface area (Å²) in [5, 5.41) is 0. The first-order valence-electron chi connectivity index (χ1n) is 10.7. The van der Waals surface area contributed by atoms with Gasteiger partial charge in [-0.05, 0) is 48.7 Å². The Balaban J connectivity index is 1.98. The molecule has 0 N–H and O–H groups in total. The average Bonchev–Trinajstić information content (AvgIpc) is 2.80. The van der Waals surface area contributed by atoms with Crippen LogP contribution in [0.4, 0.5) is 10.1 Å². The lowest BCUT2D eigenvalue weighted by Gasteiger charge is -2.25. The molecule has 0 aliphatic heterocycles. The summed E-state index contributed by atoms with van der Waals surface area (Å²) < 4.78 is 26.1. The van der Waals surface area contributed by atoms with E-state index in [1.165, 1.54) is 30.0 Å². The molecule has 3 aromatic rings. The van der Waals surface area contributed by atoms with E-state index in [0.29, 0.717) is 36.0 Å². The first-order valence-corrected chi connectivity index (χ1v) is 10.7. The van der Waals surface area contributed by atoms with Crippen LogP contribution in [0.5, 0.6) is 17.2 Å². The lowest BCUT2D eigenvalue weighted by atomic mass is 10.1. The molecule has 0 aliphatic rings. The number of hydrogen-bond acceptors (Lipinski definition) is 3. The van der Waals surface area contributed by atoms with Crippen LogP contribution in [0.15, 0.2) is 79.4 Å². The Morgan fingerprint density at radius 2 is 1.81 bits per heavy atom. The zero-order valence-electron chi connectivity index (χ0n) is 18.5. The maximum absolute atomic E-state index is 14.2. The van der Waals surface area contributed by atoms with Gasteiger partial charge >= 0.3 is 0 Å². The molecule has 3 aromatic carbocycles. The van der Waals surface area contributed by atoms with E-state index in [1.54, 1.807) is 6.08 Å². The molecule has 0 radical (unpaired) electrons. The predicted molar refractivity (Wildman–Crippen MR) is 126 cm³/mol. The quantitative estimate of drug-likeness (QED) is 0.264. The van der Waals surface area contributed by atoms with Gasteiger partial charge in [-0.15, -0.1) is 6.58 Å². The summed E-state index contributed by atoms with van der Waals surface area (Å²) in [5.74, 6) is 1.01. The van der Waals surface area contributed by atoms with Gasteiger partial charge in [0.2, 0.25) is 5.91 Å². The van der Waals surface area contributed by atoms with Crippen LogP contribution < -0.4 is 14.4 Å². The number of nitrogens with zero attached hydrogens (tertiary/aromatic N) is 1. The molecule has 0 saturated carbocycles. The molecule has 3 rings (SSSR count). The van der Waals surface area contributed by atoms with Gasteiger partial charge < -0.3 is 14.4 Å². The molecule has 0 bridgehead atoms. The lowest BCUT2D eigenvalue weighted by Crippen LogP contribution is -2.28. The summed E-state index contributed by atoms with van der Waals surface area (Å²) in [6, 6.07) is 19.3. The molecule has 0 fully saturated rings. The van der Waals surface area contributed by atoms with Gasteiger partial charge in [-0.2, -0.15) is 0 Å². The monoisotopic (exact) mass is 433 g/mol. The van der Waals surface area contributed by atoms with Crippen molar-refractivity contribution in [2.24, 2.45) is 0 Å². The zero-order chi connectivity index (χ0) is 22.9. The number of carbonyl (C=O) groups is 1. The van der Waals surface area contributed by atoms with E-state index in [4.69, 9.17) is 9.47 Å². The van der Waals surface area contributed by atoms with Crippen molar-refractivity contribution in [3.05, 3.63) is 96.3 Å². The van der Waals surface area contributed by atoms with Gasteiger partial charge in [-0.1, -0.05) is 43.3 Å². The second kappa shape index (κ2) is 11.1.